The number of carbonyl (C=O) groups excluding carboxylic acids is 1. The van der Waals surface area contributed by atoms with Crippen molar-refractivity contribution in [2.75, 3.05) is 13.4 Å². The number of carbonyl (C=O) groups is 1. The van der Waals surface area contributed by atoms with Crippen molar-refractivity contribution in [3.05, 3.63) is 23.3 Å². The Morgan fingerprint density at radius 2 is 2.40 bits per heavy atom. The molecule has 1 aliphatic carbocycles. The molecule has 0 saturated heterocycles. The molecule has 0 aromatic carbocycles. The fraction of sp³-hybridized carbons (Fsp3) is 0.545. The smallest absolute Gasteiger partial charge is 0.335 e. The lowest BCUT2D eigenvalue weighted by atomic mass is 10.1. The molecule has 2 N–H and O–H groups in total. The Hall–Kier alpha value is -0.900. The minimum Gasteiger partial charge on any atom is -0.466 e. The summed E-state index contributed by atoms with van der Waals surface area (Å²) in [6.07, 6.45) is 5.36. The second-order valence-corrected chi connectivity index (χ2v) is 4.65. The van der Waals surface area contributed by atoms with E-state index in [1.54, 1.807) is 11.8 Å². The first-order valence-corrected chi connectivity index (χ1v) is 6.08. The lowest BCUT2D eigenvalue weighted by Gasteiger charge is -2.04. The van der Waals surface area contributed by atoms with Gasteiger partial charge in [0.1, 0.15) is 0 Å². The van der Waals surface area contributed by atoms with Crippen LogP contribution in [0, 0.1) is 11.8 Å². The van der Waals surface area contributed by atoms with Gasteiger partial charge in [-0.15, -0.1) is 11.8 Å². The Bertz CT molecular complexity index is 299. The highest BCUT2D eigenvalue weighted by Crippen LogP contribution is 2.48. The molecule has 1 rings (SSSR count). The van der Waals surface area contributed by atoms with Crippen LogP contribution in [0.1, 0.15) is 12.8 Å². The van der Waals surface area contributed by atoms with Crippen molar-refractivity contribution >= 4 is 17.7 Å². The molecule has 0 amide bonds. The number of esters is 1. The predicted octanol–water partition coefficient (Wildman–Crippen LogP) is 1.90. The van der Waals surface area contributed by atoms with E-state index in [0.717, 1.165) is 17.7 Å². The molecule has 4 heteroatoms. The van der Waals surface area contributed by atoms with Crippen LogP contribution < -0.4 is 5.73 Å². The van der Waals surface area contributed by atoms with Gasteiger partial charge in [0.05, 0.1) is 12.7 Å². The van der Waals surface area contributed by atoms with E-state index in [-0.39, 0.29) is 11.9 Å². The van der Waals surface area contributed by atoms with E-state index >= 15 is 0 Å². The topological polar surface area (TPSA) is 52.3 Å². The van der Waals surface area contributed by atoms with Gasteiger partial charge in [0.15, 0.2) is 0 Å². The number of nitrogens with two attached hydrogens (primary N) is 1. The highest BCUT2D eigenvalue weighted by atomic mass is 32.2. The van der Waals surface area contributed by atoms with Crippen molar-refractivity contribution in [3.63, 3.8) is 0 Å². The second kappa shape index (κ2) is 5.26. The van der Waals surface area contributed by atoms with Crippen LogP contribution in [0.15, 0.2) is 23.3 Å². The molecule has 0 bridgehead atoms. The number of hydrogen-bond donors (Lipinski definition) is 1. The van der Waals surface area contributed by atoms with Crippen LogP contribution in [0.3, 0.4) is 0 Å². The number of allylic oxidation sites excluding steroid dienone is 1. The van der Waals surface area contributed by atoms with Crippen molar-refractivity contribution < 1.29 is 9.53 Å². The Morgan fingerprint density at radius 1 is 1.73 bits per heavy atom. The molecule has 1 saturated carbocycles. The standard InChI is InChI=1S/C11H17NO2S/c1-7(15-3)4-8-5-9(8)10(6-12)11(13)14-2/h6,8-9H,1,4-5,12H2,2-3H3/b10-6+. The number of hydrogen-bond acceptors (Lipinski definition) is 4. The predicted molar refractivity (Wildman–Crippen MR) is 63.2 cm³/mol. The zero-order valence-electron chi connectivity index (χ0n) is 9.16. The summed E-state index contributed by atoms with van der Waals surface area (Å²) in [5.41, 5.74) is 6.03. The van der Waals surface area contributed by atoms with E-state index in [4.69, 9.17) is 5.73 Å². The van der Waals surface area contributed by atoms with E-state index in [2.05, 4.69) is 11.3 Å². The minimum atomic E-state index is -0.306. The van der Waals surface area contributed by atoms with Crippen LogP contribution in [0.25, 0.3) is 0 Å². The van der Waals surface area contributed by atoms with Gasteiger partial charge in [0.25, 0.3) is 0 Å². The fourth-order valence-electron chi connectivity index (χ4n) is 1.69. The van der Waals surface area contributed by atoms with Crippen molar-refractivity contribution in [3.8, 4) is 0 Å². The van der Waals surface area contributed by atoms with Crippen molar-refractivity contribution in [1.29, 1.82) is 0 Å². The number of thioether (sulfide) groups is 1. The molecule has 84 valence electrons. The maximum absolute atomic E-state index is 11.3. The van der Waals surface area contributed by atoms with Crippen molar-refractivity contribution in [1.82, 2.24) is 0 Å². The maximum atomic E-state index is 11.3. The average Bonchev–Trinajstić information content (AvgIpc) is 2.97. The molecule has 0 heterocycles. The monoisotopic (exact) mass is 227 g/mol. The largest absolute Gasteiger partial charge is 0.466 e. The minimum absolute atomic E-state index is 0.270. The first-order valence-electron chi connectivity index (χ1n) is 4.85. The van der Waals surface area contributed by atoms with Gasteiger partial charge >= 0.3 is 5.97 Å². The Balaban J connectivity index is 2.48. The Kier molecular flexibility index (Phi) is 4.27. The molecule has 0 aromatic heterocycles. The quantitative estimate of drug-likeness (QED) is 0.576. The third-order valence-corrected chi connectivity index (χ3v) is 3.45. The molecule has 2 atom stereocenters. The molecule has 0 radical (unpaired) electrons. The highest BCUT2D eigenvalue weighted by molar-refractivity contribution is 8.02. The van der Waals surface area contributed by atoms with Gasteiger partial charge in [-0.05, 0) is 35.8 Å². The molecule has 1 fully saturated rings. The van der Waals surface area contributed by atoms with Crippen molar-refractivity contribution in [2.24, 2.45) is 17.6 Å². The fourth-order valence-corrected chi connectivity index (χ4v) is 2.07. The summed E-state index contributed by atoms with van der Waals surface area (Å²) in [5.74, 6) is 0.477. The summed E-state index contributed by atoms with van der Waals surface area (Å²) in [4.78, 5) is 12.5. The molecular weight excluding hydrogens is 210 g/mol. The zero-order valence-corrected chi connectivity index (χ0v) is 9.97. The summed E-state index contributed by atoms with van der Waals surface area (Å²) < 4.78 is 4.67. The normalized spacial score (nSPS) is 24.8. The highest BCUT2D eigenvalue weighted by Gasteiger charge is 2.42. The van der Waals surface area contributed by atoms with Crippen LogP contribution in [-0.4, -0.2) is 19.3 Å². The number of methoxy groups -OCH3 is 1. The van der Waals surface area contributed by atoms with Gasteiger partial charge in [-0.3, -0.25) is 0 Å². The average molecular weight is 227 g/mol. The molecule has 2 unspecified atom stereocenters. The number of ether oxygens (including phenoxy) is 1. The third-order valence-electron chi connectivity index (χ3n) is 2.70. The molecule has 3 nitrogen and oxygen atoms in total. The molecule has 15 heavy (non-hydrogen) atoms. The number of rotatable bonds is 5. The van der Waals surface area contributed by atoms with Gasteiger partial charge in [-0.25, -0.2) is 4.79 Å². The van der Waals surface area contributed by atoms with Gasteiger partial charge < -0.3 is 10.5 Å². The summed E-state index contributed by atoms with van der Waals surface area (Å²) in [6.45, 7) is 3.93. The third kappa shape index (κ3) is 3.02. The van der Waals surface area contributed by atoms with E-state index in [1.165, 1.54) is 13.3 Å². The van der Waals surface area contributed by atoms with Crippen LogP contribution in [-0.2, 0) is 9.53 Å². The SMILES string of the molecule is C=C(CC1CC1/C(=C\N)C(=O)OC)SC. The summed E-state index contributed by atoms with van der Waals surface area (Å²) in [5, 5.41) is 0. The molecule has 1 aliphatic rings. The molecule has 0 spiro atoms. The lowest BCUT2D eigenvalue weighted by molar-refractivity contribution is -0.136. The summed E-state index contributed by atoms with van der Waals surface area (Å²) in [7, 11) is 1.38. The molecular formula is C11H17NO2S. The van der Waals surface area contributed by atoms with Gasteiger partial charge in [-0.1, -0.05) is 6.58 Å². The molecule has 0 aliphatic heterocycles. The summed E-state index contributed by atoms with van der Waals surface area (Å²) >= 11 is 1.67. The molecule has 0 aromatic rings. The van der Waals surface area contributed by atoms with Gasteiger partial charge in [0.2, 0.25) is 0 Å². The second-order valence-electron chi connectivity index (χ2n) is 3.66. The van der Waals surface area contributed by atoms with Crippen LogP contribution in [0.4, 0.5) is 0 Å². The van der Waals surface area contributed by atoms with Crippen molar-refractivity contribution in [2.45, 2.75) is 12.8 Å². The van der Waals surface area contributed by atoms with E-state index in [0.29, 0.717) is 11.5 Å². The van der Waals surface area contributed by atoms with E-state index in [1.807, 2.05) is 6.26 Å². The van der Waals surface area contributed by atoms with E-state index in [9.17, 15) is 4.79 Å². The lowest BCUT2D eigenvalue weighted by Crippen LogP contribution is -2.09. The maximum Gasteiger partial charge on any atom is 0.335 e. The zero-order chi connectivity index (χ0) is 11.4. The Labute approximate surface area is 94.7 Å². The summed E-state index contributed by atoms with van der Waals surface area (Å²) in [6, 6.07) is 0. The van der Waals surface area contributed by atoms with Crippen LogP contribution in [0.5, 0.6) is 0 Å². The van der Waals surface area contributed by atoms with Crippen LogP contribution in [0.2, 0.25) is 0 Å². The van der Waals surface area contributed by atoms with Crippen LogP contribution >= 0.6 is 11.8 Å². The first kappa shape index (κ1) is 12.2. The first-order chi connectivity index (χ1) is 7.13. The Morgan fingerprint density at radius 3 is 2.87 bits per heavy atom. The van der Waals surface area contributed by atoms with Gasteiger partial charge in [-0.2, -0.15) is 0 Å². The van der Waals surface area contributed by atoms with Gasteiger partial charge in [0, 0.05) is 6.20 Å². The van der Waals surface area contributed by atoms with E-state index < -0.39 is 0 Å².